The molecule has 2 heterocycles. The van der Waals surface area contributed by atoms with Gasteiger partial charge in [-0.3, -0.25) is 14.6 Å². The number of ether oxygens (including phenoxy) is 1. The van der Waals surface area contributed by atoms with Gasteiger partial charge in [0.05, 0.1) is 12.6 Å². The van der Waals surface area contributed by atoms with Gasteiger partial charge in [0, 0.05) is 30.2 Å². The molecular weight excluding hydrogens is 306 g/mol. The maximum atomic E-state index is 12.1. The second-order valence-corrected chi connectivity index (χ2v) is 5.72. The molecule has 1 aliphatic heterocycles. The summed E-state index contributed by atoms with van der Waals surface area (Å²) >= 11 is 0. The van der Waals surface area contributed by atoms with Crippen molar-refractivity contribution in [1.29, 1.82) is 0 Å². The van der Waals surface area contributed by atoms with Crippen LogP contribution in [0.25, 0.3) is 0 Å². The SMILES string of the molecule is Cc1cccc(N2CC(CNC(=O)c3ccncc3)OCC2=O)c1. The van der Waals surface area contributed by atoms with Gasteiger partial charge >= 0.3 is 0 Å². The maximum absolute atomic E-state index is 12.1. The molecule has 1 N–H and O–H groups in total. The monoisotopic (exact) mass is 325 g/mol. The van der Waals surface area contributed by atoms with Crippen LogP contribution < -0.4 is 10.2 Å². The van der Waals surface area contributed by atoms with Crippen LogP contribution in [0.5, 0.6) is 0 Å². The van der Waals surface area contributed by atoms with Crippen LogP contribution in [0, 0.1) is 6.92 Å². The van der Waals surface area contributed by atoms with E-state index in [9.17, 15) is 9.59 Å². The molecule has 6 heteroatoms. The molecular formula is C18H19N3O3. The molecule has 0 aliphatic carbocycles. The molecule has 24 heavy (non-hydrogen) atoms. The fourth-order valence-electron chi connectivity index (χ4n) is 2.61. The number of rotatable bonds is 4. The van der Waals surface area contributed by atoms with Crippen molar-refractivity contribution in [2.45, 2.75) is 13.0 Å². The van der Waals surface area contributed by atoms with Crippen molar-refractivity contribution < 1.29 is 14.3 Å². The molecule has 1 aromatic heterocycles. The van der Waals surface area contributed by atoms with Gasteiger partial charge in [-0.05, 0) is 36.8 Å². The number of carbonyl (C=O) groups excluding carboxylic acids is 2. The molecule has 0 bridgehead atoms. The average molecular weight is 325 g/mol. The Balaban J connectivity index is 1.61. The molecule has 3 rings (SSSR count). The number of aryl methyl sites for hydroxylation is 1. The van der Waals surface area contributed by atoms with Crippen LogP contribution in [0.4, 0.5) is 5.69 Å². The number of carbonyl (C=O) groups is 2. The number of nitrogens with one attached hydrogen (secondary N) is 1. The maximum Gasteiger partial charge on any atom is 0.253 e. The van der Waals surface area contributed by atoms with Gasteiger partial charge in [-0.15, -0.1) is 0 Å². The Labute approximate surface area is 140 Å². The summed E-state index contributed by atoms with van der Waals surface area (Å²) in [5.74, 6) is -0.252. The van der Waals surface area contributed by atoms with Crippen molar-refractivity contribution in [3.8, 4) is 0 Å². The highest BCUT2D eigenvalue weighted by molar-refractivity contribution is 5.95. The second-order valence-electron chi connectivity index (χ2n) is 5.72. The van der Waals surface area contributed by atoms with E-state index in [0.29, 0.717) is 18.7 Å². The first-order valence-corrected chi connectivity index (χ1v) is 7.80. The molecule has 124 valence electrons. The standard InChI is InChI=1S/C18H19N3O3/c1-13-3-2-4-15(9-13)21-11-16(24-12-17(21)22)10-20-18(23)14-5-7-19-8-6-14/h2-9,16H,10-12H2,1H3,(H,20,23). The van der Waals surface area contributed by atoms with Crippen molar-refractivity contribution in [3.05, 3.63) is 59.9 Å². The summed E-state index contributed by atoms with van der Waals surface area (Å²) in [6, 6.07) is 11.1. The quantitative estimate of drug-likeness (QED) is 0.926. The lowest BCUT2D eigenvalue weighted by Crippen LogP contribution is -2.50. The summed E-state index contributed by atoms with van der Waals surface area (Å²) in [5.41, 5.74) is 2.50. The van der Waals surface area contributed by atoms with E-state index in [2.05, 4.69) is 10.3 Å². The molecule has 1 atom stereocenters. The third-order valence-corrected chi connectivity index (χ3v) is 3.88. The minimum atomic E-state index is -0.242. The highest BCUT2D eigenvalue weighted by Crippen LogP contribution is 2.19. The van der Waals surface area contributed by atoms with E-state index in [1.807, 2.05) is 31.2 Å². The Hall–Kier alpha value is -2.73. The first-order valence-electron chi connectivity index (χ1n) is 7.80. The topological polar surface area (TPSA) is 71.5 Å². The van der Waals surface area contributed by atoms with Crippen molar-refractivity contribution >= 4 is 17.5 Å². The smallest absolute Gasteiger partial charge is 0.253 e. The van der Waals surface area contributed by atoms with Crippen molar-refractivity contribution in [2.75, 3.05) is 24.6 Å². The minimum absolute atomic E-state index is 0.0176. The average Bonchev–Trinajstić information content (AvgIpc) is 2.61. The lowest BCUT2D eigenvalue weighted by atomic mass is 10.1. The molecule has 6 nitrogen and oxygen atoms in total. The highest BCUT2D eigenvalue weighted by atomic mass is 16.5. The highest BCUT2D eigenvalue weighted by Gasteiger charge is 2.27. The Bertz CT molecular complexity index is 733. The number of benzene rings is 1. The van der Waals surface area contributed by atoms with Crippen LogP contribution in [0.3, 0.4) is 0 Å². The summed E-state index contributed by atoms with van der Waals surface area (Å²) in [4.78, 5) is 29.8. The van der Waals surface area contributed by atoms with Crippen molar-refractivity contribution in [3.63, 3.8) is 0 Å². The van der Waals surface area contributed by atoms with Gasteiger partial charge < -0.3 is 15.0 Å². The molecule has 1 saturated heterocycles. The van der Waals surface area contributed by atoms with Crippen LogP contribution >= 0.6 is 0 Å². The van der Waals surface area contributed by atoms with E-state index in [1.165, 1.54) is 0 Å². The van der Waals surface area contributed by atoms with E-state index < -0.39 is 0 Å². The van der Waals surface area contributed by atoms with E-state index >= 15 is 0 Å². The van der Waals surface area contributed by atoms with Gasteiger partial charge in [0.2, 0.25) is 0 Å². The molecule has 1 fully saturated rings. The normalized spacial score (nSPS) is 17.6. The molecule has 1 unspecified atom stereocenters. The lowest BCUT2D eigenvalue weighted by Gasteiger charge is -2.33. The largest absolute Gasteiger partial charge is 0.365 e. The number of aromatic nitrogens is 1. The third kappa shape index (κ3) is 3.78. The van der Waals surface area contributed by atoms with Crippen LogP contribution in [-0.4, -0.2) is 42.6 Å². The van der Waals surface area contributed by atoms with Gasteiger partial charge in [-0.2, -0.15) is 0 Å². The zero-order valence-corrected chi connectivity index (χ0v) is 13.4. The zero-order valence-electron chi connectivity index (χ0n) is 13.4. The van der Waals surface area contributed by atoms with E-state index in [4.69, 9.17) is 4.74 Å². The second kappa shape index (κ2) is 7.23. The summed E-state index contributed by atoms with van der Waals surface area (Å²) in [5, 5.41) is 2.84. The number of hydrogen-bond donors (Lipinski definition) is 1. The summed E-state index contributed by atoms with van der Waals surface area (Å²) in [7, 11) is 0. The molecule has 1 aliphatic rings. The van der Waals surface area contributed by atoms with Crippen LogP contribution in [0.1, 0.15) is 15.9 Å². The number of hydrogen-bond acceptors (Lipinski definition) is 4. The fourth-order valence-corrected chi connectivity index (χ4v) is 2.61. The minimum Gasteiger partial charge on any atom is -0.365 e. The van der Waals surface area contributed by atoms with Gasteiger partial charge in [0.15, 0.2) is 0 Å². The molecule has 2 aromatic rings. The molecule has 0 radical (unpaired) electrons. The molecule has 0 spiro atoms. The lowest BCUT2D eigenvalue weighted by molar-refractivity contribution is -0.129. The number of anilines is 1. The molecule has 2 amide bonds. The van der Waals surface area contributed by atoms with Gasteiger partial charge in [0.25, 0.3) is 11.8 Å². The van der Waals surface area contributed by atoms with Gasteiger partial charge in [-0.25, -0.2) is 0 Å². The predicted octanol–water partition coefficient (Wildman–Crippen LogP) is 1.55. The van der Waals surface area contributed by atoms with Crippen LogP contribution in [0.15, 0.2) is 48.8 Å². The number of pyridine rings is 1. The summed E-state index contributed by atoms with van der Waals surface area (Å²) < 4.78 is 5.54. The first-order chi connectivity index (χ1) is 11.6. The van der Waals surface area contributed by atoms with Crippen LogP contribution in [-0.2, 0) is 9.53 Å². The van der Waals surface area contributed by atoms with Crippen molar-refractivity contribution in [2.24, 2.45) is 0 Å². The molecule has 1 aromatic carbocycles. The Morgan fingerprint density at radius 2 is 2.12 bits per heavy atom. The third-order valence-electron chi connectivity index (χ3n) is 3.88. The Morgan fingerprint density at radius 1 is 1.33 bits per heavy atom. The summed E-state index contributed by atoms with van der Waals surface area (Å²) in [6.45, 7) is 2.76. The molecule has 0 saturated carbocycles. The van der Waals surface area contributed by atoms with Gasteiger partial charge in [0.1, 0.15) is 6.61 Å². The van der Waals surface area contributed by atoms with Gasteiger partial charge in [-0.1, -0.05) is 12.1 Å². The zero-order chi connectivity index (χ0) is 16.9. The number of amides is 2. The van der Waals surface area contributed by atoms with E-state index in [-0.39, 0.29) is 24.5 Å². The Morgan fingerprint density at radius 3 is 2.88 bits per heavy atom. The summed E-state index contributed by atoms with van der Waals surface area (Å²) in [6.07, 6.45) is 2.91. The first kappa shape index (κ1) is 16.1. The predicted molar refractivity (Wildman–Crippen MR) is 89.8 cm³/mol. The number of nitrogens with zero attached hydrogens (tertiary/aromatic N) is 2. The van der Waals surface area contributed by atoms with E-state index in [1.54, 1.807) is 29.4 Å². The van der Waals surface area contributed by atoms with Crippen LogP contribution in [0.2, 0.25) is 0 Å². The fraction of sp³-hybridized carbons (Fsp3) is 0.278. The van der Waals surface area contributed by atoms with E-state index in [0.717, 1.165) is 11.3 Å². The number of morpholine rings is 1. The Kier molecular flexibility index (Phi) is 4.86. The van der Waals surface area contributed by atoms with Crippen molar-refractivity contribution in [1.82, 2.24) is 10.3 Å².